The van der Waals surface area contributed by atoms with Gasteiger partial charge in [-0.25, -0.2) is 0 Å². The maximum Gasteiger partial charge on any atom is 0.228 e. The lowest BCUT2D eigenvalue weighted by Crippen LogP contribution is -2.56. The van der Waals surface area contributed by atoms with Gasteiger partial charge in [0.05, 0.1) is 30.6 Å². The predicted octanol–water partition coefficient (Wildman–Crippen LogP) is 3.95. The number of carbonyl (C=O) groups is 2. The molecular weight excluding hydrogens is 426 g/mol. The third-order valence-electron chi connectivity index (χ3n) is 7.15. The van der Waals surface area contributed by atoms with Crippen molar-refractivity contribution in [1.29, 1.82) is 0 Å². The van der Waals surface area contributed by atoms with Crippen molar-refractivity contribution in [2.45, 2.75) is 13.0 Å². The normalized spacial score (nSPS) is 20.1. The summed E-state index contributed by atoms with van der Waals surface area (Å²) >= 11 is 0. The average molecular weight is 454 g/mol. The summed E-state index contributed by atoms with van der Waals surface area (Å²) in [4.78, 5) is 31.9. The predicted molar refractivity (Wildman–Crippen MR) is 134 cm³/mol. The lowest BCUT2D eigenvalue weighted by molar-refractivity contribution is -0.116. The van der Waals surface area contributed by atoms with Crippen molar-refractivity contribution >= 4 is 39.9 Å². The molecule has 0 aromatic heterocycles. The van der Waals surface area contributed by atoms with Crippen LogP contribution in [0.3, 0.4) is 0 Å². The van der Waals surface area contributed by atoms with Crippen molar-refractivity contribution in [3.63, 3.8) is 0 Å². The fourth-order valence-electron chi connectivity index (χ4n) is 5.17. The van der Waals surface area contributed by atoms with Gasteiger partial charge in [-0.3, -0.25) is 19.4 Å². The minimum atomic E-state index is -0.167. The first-order valence-corrected chi connectivity index (χ1v) is 11.9. The SMILES string of the molecule is CC(=O)N1/C(=C/c2ccc3cc(N4CCN(C5COC5)CC4)ccc3c2)C(=O)c2ccccc21. The molecule has 0 unspecified atom stereocenters. The zero-order valence-corrected chi connectivity index (χ0v) is 19.2. The molecule has 0 saturated carbocycles. The van der Waals surface area contributed by atoms with Crippen LogP contribution in [-0.2, 0) is 9.53 Å². The second-order valence-corrected chi connectivity index (χ2v) is 9.24. The summed E-state index contributed by atoms with van der Waals surface area (Å²) in [5.41, 5.74) is 3.77. The van der Waals surface area contributed by atoms with Gasteiger partial charge in [0.2, 0.25) is 11.7 Å². The summed E-state index contributed by atoms with van der Waals surface area (Å²) in [5.74, 6) is -0.284. The molecule has 2 fully saturated rings. The maximum absolute atomic E-state index is 13.0. The Morgan fingerprint density at radius 1 is 0.941 bits per heavy atom. The number of rotatable bonds is 3. The number of nitrogens with zero attached hydrogens (tertiary/aromatic N) is 3. The first-order valence-electron chi connectivity index (χ1n) is 11.9. The van der Waals surface area contributed by atoms with Crippen LogP contribution in [0.25, 0.3) is 16.8 Å². The summed E-state index contributed by atoms with van der Waals surface area (Å²) in [6.07, 6.45) is 1.82. The zero-order valence-electron chi connectivity index (χ0n) is 19.2. The van der Waals surface area contributed by atoms with Crippen molar-refractivity contribution in [1.82, 2.24) is 4.90 Å². The second kappa shape index (κ2) is 8.38. The largest absolute Gasteiger partial charge is 0.378 e. The number of ketones is 1. The van der Waals surface area contributed by atoms with Crippen LogP contribution in [0.1, 0.15) is 22.8 Å². The Kier molecular flexibility index (Phi) is 5.20. The summed E-state index contributed by atoms with van der Waals surface area (Å²) < 4.78 is 5.34. The molecule has 1 amide bonds. The summed E-state index contributed by atoms with van der Waals surface area (Å²) in [6, 6.07) is 20.6. The van der Waals surface area contributed by atoms with E-state index in [2.05, 4.69) is 40.1 Å². The molecule has 6 heteroatoms. The summed E-state index contributed by atoms with van der Waals surface area (Å²) in [7, 11) is 0. The van der Waals surface area contributed by atoms with Crippen molar-refractivity contribution in [2.75, 3.05) is 49.2 Å². The van der Waals surface area contributed by atoms with E-state index in [9.17, 15) is 9.59 Å². The first-order chi connectivity index (χ1) is 16.6. The fraction of sp³-hybridized carbons (Fsp3) is 0.286. The third-order valence-corrected chi connectivity index (χ3v) is 7.15. The number of hydrogen-bond acceptors (Lipinski definition) is 5. The van der Waals surface area contributed by atoms with E-state index in [1.54, 1.807) is 6.07 Å². The van der Waals surface area contributed by atoms with Crippen LogP contribution in [0.2, 0.25) is 0 Å². The van der Waals surface area contributed by atoms with E-state index < -0.39 is 0 Å². The summed E-state index contributed by atoms with van der Waals surface area (Å²) in [5, 5.41) is 2.28. The molecule has 0 spiro atoms. The highest BCUT2D eigenvalue weighted by Gasteiger charge is 2.34. The summed E-state index contributed by atoms with van der Waals surface area (Å²) in [6.45, 7) is 7.42. The van der Waals surface area contributed by atoms with Gasteiger partial charge in [-0.2, -0.15) is 0 Å². The molecule has 3 aromatic rings. The van der Waals surface area contributed by atoms with Crippen molar-refractivity contribution < 1.29 is 14.3 Å². The number of hydrogen-bond donors (Lipinski definition) is 0. The maximum atomic E-state index is 13.0. The molecule has 3 aliphatic heterocycles. The van der Waals surface area contributed by atoms with Crippen molar-refractivity contribution in [3.05, 3.63) is 77.5 Å². The van der Waals surface area contributed by atoms with Crippen LogP contribution in [0.4, 0.5) is 11.4 Å². The Morgan fingerprint density at radius 3 is 2.41 bits per heavy atom. The lowest BCUT2D eigenvalue weighted by atomic mass is 10.0. The molecule has 0 aliphatic carbocycles. The van der Waals surface area contributed by atoms with Crippen LogP contribution in [-0.4, -0.2) is 62.0 Å². The van der Waals surface area contributed by atoms with Crippen molar-refractivity contribution in [3.8, 4) is 0 Å². The third kappa shape index (κ3) is 3.59. The molecule has 6 nitrogen and oxygen atoms in total. The molecule has 172 valence electrons. The standard InChI is InChI=1S/C28H27N3O3/c1-19(32)31-26-5-3-2-4-25(26)28(33)27(31)15-20-6-7-22-16-23(9-8-21(22)14-20)29-10-12-30(13-11-29)24-17-34-18-24/h2-9,14-16,24H,10-13,17-18H2,1H3/b27-15+. The number of Topliss-reactive ketones (excluding diaryl/α,β-unsaturated/α-hetero) is 1. The minimum absolute atomic E-state index is 0.117. The number of benzene rings is 3. The molecule has 0 radical (unpaired) electrons. The van der Waals surface area contributed by atoms with E-state index in [4.69, 9.17) is 4.74 Å². The molecular formula is C28H27N3O3. The minimum Gasteiger partial charge on any atom is -0.378 e. The highest BCUT2D eigenvalue weighted by molar-refractivity contribution is 6.26. The van der Waals surface area contributed by atoms with E-state index in [1.807, 2.05) is 30.3 Å². The highest BCUT2D eigenvalue weighted by atomic mass is 16.5. The van der Waals surface area contributed by atoms with Gasteiger partial charge in [-0.05, 0) is 52.7 Å². The fourth-order valence-corrected chi connectivity index (χ4v) is 5.17. The van der Waals surface area contributed by atoms with Crippen LogP contribution in [0, 0.1) is 0 Å². The van der Waals surface area contributed by atoms with Crippen molar-refractivity contribution in [2.24, 2.45) is 0 Å². The number of fused-ring (bicyclic) bond motifs is 2. The Bertz CT molecular complexity index is 1320. The Morgan fingerprint density at radius 2 is 1.68 bits per heavy atom. The van der Waals surface area contributed by atoms with Crippen LogP contribution >= 0.6 is 0 Å². The molecule has 6 rings (SSSR count). The molecule has 3 aliphatic rings. The number of piperazine rings is 1. The van der Waals surface area contributed by atoms with E-state index in [1.165, 1.54) is 22.9 Å². The second-order valence-electron chi connectivity index (χ2n) is 9.24. The van der Waals surface area contributed by atoms with Crippen LogP contribution in [0.15, 0.2) is 66.4 Å². The van der Waals surface area contributed by atoms with Gasteiger partial charge in [0.1, 0.15) is 0 Å². The molecule has 3 heterocycles. The topological polar surface area (TPSA) is 53.1 Å². The number of allylic oxidation sites excluding steroid dienone is 1. The quantitative estimate of drug-likeness (QED) is 0.562. The van der Waals surface area contributed by atoms with Crippen LogP contribution in [0.5, 0.6) is 0 Å². The molecule has 0 N–H and O–H groups in total. The Labute approximate surface area is 199 Å². The number of para-hydroxylation sites is 1. The monoisotopic (exact) mass is 453 g/mol. The van der Waals surface area contributed by atoms with Gasteiger partial charge in [-0.15, -0.1) is 0 Å². The Balaban J connectivity index is 1.25. The van der Waals surface area contributed by atoms with E-state index in [-0.39, 0.29) is 11.7 Å². The van der Waals surface area contributed by atoms with Crippen LogP contribution < -0.4 is 9.80 Å². The van der Waals surface area contributed by atoms with Gasteiger partial charge < -0.3 is 9.64 Å². The van der Waals surface area contributed by atoms with E-state index in [0.29, 0.717) is 23.0 Å². The van der Waals surface area contributed by atoms with Gasteiger partial charge in [0, 0.05) is 44.4 Å². The van der Waals surface area contributed by atoms with Gasteiger partial charge >= 0.3 is 0 Å². The van der Waals surface area contributed by atoms with Gasteiger partial charge in [0.15, 0.2) is 0 Å². The number of carbonyl (C=O) groups excluding carboxylic acids is 2. The van der Waals surface area contributed by atoms with Gasteiger partial charge in [-0.1, -0.05) is 30.3 Å². The Hall–Kier alpha value is -3.48. The zero-order chi connectivity index (χ0) is 23.2. The number of anilines is 2. The van der Waals surface area contributed by atoms with E-state index >= 15 is 0 Å². The van der Waals surface area contributed by atoms with Gasteiger partial charge in [0.25, 0.3) is 0 Å². The van der Waals surface area contributed by atoms with E-state index in [0.717, 1.165) is 50.3 Å². The molecule has 34 heavy (non-hydrogen) atoms. The first kappa shape index (κ1) is 21.1. The number of ether oxygens (including phenoxy) is 1. The number of amides is 1. The molecule has 2 saturated heterocycles. The molecule has 0 bridgehead atoms. The smallest absolute Gasteiger partial charge is 0.228 e. The average Bonchev–Trinajstić information content (AvgIpc) is 3.10. The highest BCUT2D eigenvalue weighted by Crippen LogP contribution is 2.35. The molecule has 3 aromatic carbocycles. The molecule has 0 atom stereocenters. The lowest BCUT2D eigenvalue weighted by Gasteiger charge is -2.43.